The van der Waals surface area contributed by atoms with Gasteiger partial charge in [-0.25, -0.2) is 4.39 Å². The van der Waals surface area contributed by atoms with Gasteiger partial charge in [0.25, 0.3) is 5.91 Å². The van der Waals surface area contributed by atoms with Crippen LogP contribution in [0.15, 0.2) is 47.4 Å². The Morgan fingerprint density at radius 1 is 1.25 bits per heavy atom. The standard InChI is InChI=1S/C17H11ClFNO2S2/c1-22-12-5-2-10(3-6-12)8-15-16(21)20(17(23)24-15)11-4-7-14(19)13(18)9-11/h2-9H,1H3. The molecular formula is C17H11ClFNO2S2. The number of thioether (sulfide) groups is 1. The summed E-state index contributed by atoms with van der Waals surface area (Å²) in [7, 11) is 1.59. The highest BCUT2D eigenvalue weighted by Gasteiger charge is 2.33. The van der Waals surface area contributed by atoms with Crippen LogP contribution in [0.5, 0.6) is 5.75 Å². The van der Waals surface area contributed by atoms with E-state index in [9.17, 15) is 9.18 Å². The lowest BCUT2D eigenvalue weighted by atomic mass is 10.2. The summed E-state index contributed by atoms with van der Waals surface area (Å²) in [6.07, 6.45) is 1.75. The monoisotopic (exact) mass is 379 g/mol. The smallest absolute Gasteiger partial charge is 0.270 e. The number of hydrogen-bond donors (Lipinski definition) is 0. The zero-order valence-electron chi connectivity index (χ0n) is 12.5. The van der Waals surface area contributed by atoms with Crippen LogP contribution >= 0.6 is 35.6 Å². The lowest BCUT2D eigenvalue weighted by Crippen LogP contribution is -2.27. The fraction of sp³-hybridized carbons (Fsp3) is 0.0588. The second kappa shape index (κ2) is 6.93. The average molecular weight is 380 g/mol. The predicted octanol–water partition coefficient (Wildman–Crippen LogP) is 4.89. The summed E-state index contributed by atoms with van der Waals surface area (Å²) < 4.78 is 18.8. The van der Waals surface area contributed by atoms with Crippen molar-refractivity contribution < 1.29 is 13.9 Å². The fourth-order valence-corrected chi connectivity index (χ4v) is 3.64. The van der Waals surface area contributed by atoms with E-state index < -0.39 is 5.82 Å². The van der Waals surface area contributed by atoms with Crippen LogP contribution in [-0.4, -0.2) is 17.3 Å². The number of carbonyl (C=O) groups excluding carboxylic acids is 1. The van der Waals surface area contributed by atoms with Gasteiger partial charge >= 0.3 is 0 Å². The van der Waals surface area contributed by atoms with Crippen LogP contribution in [0.2, 0.25) is 5.02 Å². The van der Waals surface area contributed by atoms with E-state index in [2.05, 4.69) is 0 Å². The van der Waals surface area contributed by atoms with Crippen molar-refractivity contribution in [3.05, 3.63) is 63.8 Å². The van der Waals surface area contributed by atoms with Crippen molar-refractivity contribution >= 4 is 57.6 Å². The molecule has 0 aliphatic carbocycles. The summed E-state index contributed by atoms with van der Waals surface area (Å²) >= 11 is 12.3. The summed E-state index contributed by atoms with van der Waals surface area (Å²) in [5.74, 6) is -0.0659. The van der Waals surface area contributed by atoms with Crippen LogP contribution in [0, 0.1) is 5.82 Å². The maximum absolute atomic E-state index is 13.3. The molecule has 0 bridgehead atoms. The number of anilines is 1. The summed E-state index contributed by atoms with van der Waals surface area (Å²) in [5, 5.41) is -0.0549. The average Bonchev–Trinajstić information content (AvgIpc) is 2.85. The van der Waals surface area contributed by atoms with Gasteiger partial charge in [0.05, 0.1) is 22.7 Å². The zero-order chi connectivity index (χ0) is 17.3. The quantitative estimate of drug-likeness (QED) is 0.560. The number of amides is 1. The molecule has 2 aromatic rings. The highest BCUT2D eigenvalue weighted by atomic mass is 35.5. The molecule has 0 N–H and O–H groups in total. The molecule has 1 amide bonds. The normalized spacial score (nSPS) is 16.1. The fourth-order valence-electron chi connectivity index (χ4n) is 2.17. The van der Waals surface area contributed by atoms with E-state index in [1.54, 1.807) is 13.2 Å². The second-order valence-electron chi connectivity index (χ2n) is 4.89. The number of benzene rings is 2. The third-order valence-electron chi connectivity index (χ3n) is 3.37. The summed E-state index contributed by atoms with van der Waals surface area (Å²) in [5.41, 5.74) is 1.30. The van der Waals surface area contributed by atoms with Gasteiger partial charge in [-0.05, 0) is 42.0 Å². The van der Waals surface area contributed by atoms with E-state index >= 15 is 0 Å². The molecule has 122 valence electrons. The number of nitrogens with zero attached hydrogens (tertiary/aromatic N) is 1. The van der Waals surface area contributed by atoms with Gasteiger partial charge in [0.1, 0.15) is 11.6 Å². The van der Waals surface area contributed by atoms with Gasteiger partial charge in [-0.1, -0.05) is 47.7 Å². The Hall–Kier alpha value is -1.89. The molecule has 0 aromatic heterocycles. The number of rotatable bonds is 3. The second-order valence-corrected chi connectivity index (χ2v) is 6.97. The first-order valence-corrected chi connectivity index (χ1v) is 8.47. The molecule has 2 aromatic carbocycles. The SMILES string of the molecule is COc1ccc(C=C2SC(=S)N(c3ccc(F)c(Cl)c3)C2=O)cc1. The minimum atomic E-state index is -0.542. The lowest BCUT2D eigenvalue weighted by Gasteiger charge is -2.14. The van der Waals surface area contributed by atoms with E-state index in [0.717, 1.165) is 11.3 Å². The van der Waals surface area contributed by atoms with Gasteiger partial charge in [-0.15, -0.1) is 0 Å². The molecule has 3 nitrogen and oxygen atoms in total. The van der Waals surface area contributed by atoms with E-state index in [-0.39, 0.29) is 10.9 Å². The van der Waals surface area contributed by atoms with Crippen LogP contribution in [-0.2, 0) is 4.79 Å². The maximum atomic E-state index is 13.3. The highest BCUT2D eigenvalue weighted by molar-refractivity contribution is 8.27. The summed E-state index contributed by atoms with van der Waals surface area (Å²) in [6.45, 7) is 0. The van der Waals surface area contributed by atoms with Crippen LogP contribution in [0.3, 0.4) is 0 Å². The predicted molar refractivity (Wildman–Crippen MR) is 100 cm³/mol. The van der Waals surface area contributed by atoms with E-state index in [4.69, 9.17) is 28.6 Å². The first-order chi connectivity index (χ1) is 11.5. The number of halogens is 2. The molecular weight excluding hydrogens is 369 g/mol. The van der Waals surface area contributed by atoms with Crippen LogP contribution in [0.25, 0.3) is 6.08 Å². The number of carbonyl (C=O) groups is 1. The summed E-state index contributed by atoms with van der Waals surface area (Å²) in [6, 6.07) is 11.4. The molecule has 1 aliphatic rings. The number of hydrogen-bond acceptors (Lipinski definition) is 4. The third kappa shape index (κ3) is 3.31. The third-order valence-corrected chi connectivity index (χ3v) is 4.96. The largest absolute Gasteiger partial charge is 0.497 e. The Morgan fingerprint density at radius 2 is 1.96 bits per heavy atom. The Balaban J connectivity index is 1.90. The number of thiocarbonyl (C=S) groups is 1. The van der Waals surface area contributed by atoms with E-state index in [0.29, 0.717) is 14.9 Å². The van der Waals surface area contributed by atoms with Gasteiger partial charge in [-0.2, -0.15) is 0 Å². The Labute approximate surface area is 153 Å². The van der Waals surface area contributed by atoms with Crippen LogP contribution in [0.4, 0.5) is 10.1 Å². The molecule has 3 rings (SSSR count). The lowest BCUT2D eigenvalue weighted by molar-refractivity contribution is -0.113. The van der Waals surface area contributed by atoms with Crippen molar-refractivity contribution in [1.29, 1.82) is 0 Å². The van der Waals surface area contributed by atoms with Crippen LogP contribution in [0.1, 0.15) is 5.56 Å². The molecule has 1 heterocycles. The van der Waals surface area contributed by atoms with E-state index in [1.807, 2.05) is 24.3 Å². The molecule has 0 radical (unpaired) electrons. The van der Waals surface area contributed by atoms with Crippen molar-refractivity contribution in [1.82, 2.24) is 0 Å². The minimum absolute atomic E-state index is 0.0549. The Bertz CT molecular complexity index is 852. The highest BCUT2D eigenvalue weighted by Crippen LogP contribution is 2.37. The molecule has 24 heavy (non-hydrogen) atoms. The van der Waals surface area contributed by atoms with Crippen molar-refractivity contribution in [2.24, 2.45) is 0 Å². The minimum Gasteiger partial charge on any atom is -0.497 e. The van der Waals surface area contributed by atoms with Crippen molar-refractivity contribution in [2.45, 2.75) is 0 Å². The molecule has 1 saturated heterocycles. The Kier molecular flexibility index (Phi) is 4.89. The zero-order valence-corrected chi connectivity index (χ0v) is 14.8. The maximum Gasteiger partial charge on any atom is 0.270 e. The van der Waals surface area contributed by atoms with Gasteiger partial charge in [0.2, 0.25) is 0 Å². The van der Waals surface area contributed by atoms with Crippen molar-refractivity contribution in [2.75, 3.05) is 12.0 Å². The topological polar surface area (TPSA) is 29.5 Å². The molecule has 0 spiro atoms. The molecule has 0 atom stereocenters. The first-order valence-electron chi connectivity index (χ1n) is 6.86. The number of ether oxygens (including phenoxy) is 1. The summed E-state index contributed by atoms with van der Waals surface area (Å²) in [4.78, 5) is 14.5. The van der Waals surface area contributed by atoms with Gasteiger partial charge < -0.3 is 4.74 Å². The Morgan fingerprint density at radius 3 is 2.58 bits per heavy atom. The molecule has 1 fully saturated rings. The first kappa shape index (κ1) is 17.0. The van der Waals surface area contributed by atoms with E-state index in [1.165, 1.54) is 34.9 Å². The van der Waals surface area contributed by atoms with Crippen molar-refractivity contribution in [3.8, 4) is 5.75 Å². The van der Waals surface area contributed by atoms with Crippen LogP contribution < -0.4 is 9.64 Å². The molecule has 0 unspecified atom stereocenters. The van der Waals surface area contributed by atoms with Gasteiger partial charge in [-0.3, -0.25) is 9.69 Å². The molecule has 0 saturated carbocycles. The molecule has 7 heteroatoms. The molecule has 1 aliphatic heterocycles. The van der Waals surface area contributed by atoms with Crippen molar-refractivity contribution in [3.63, 3.8) is 0 Å². The van der Waals surface area contributed by atoms with Gasteiger partial charge in [0.15, 0.2) is 4.32 Å². The van der Waals surface area contributed by atoms with Gasteiger partial charge in [0, 0.05) is 0 Å². The number of methoxy groups -OCH3 is 1.